The smallest absolute Gasteiger partial charge is 0.132 e. The van der Waals surface area contributed by atoms with Crippen LogP contribution < -0.4 is 5.90 Å². The van der Waals surface area contributed by atoms with Crippen molar-refractivity contribution < 1.29 is 13.6 Å². The molecule has 0 aliphatic carbocycles. The van der Waals surface area contributed by atoms with Gasteiger partial charge in [0.15, 0.2) is 0 Å². The van der Waals surface area contributed by atoms with Crippen LogP contribution in [0.25, 0.3) is 0 Å². The van der Waals surface area contributed by atoms with Crippen LogP contribution in [-0.2, 0) is 4.84 Å². The van der Waals surface area contributed by atoms with Gasteiger partial charge < -0.3 is 4.84 Å². The van der Waals surface area contributed by atoms with Crippen molar-refractivity contribution in [3.63, 3.8) is 0 Å². The first-order chi connectivity index (χ1) is 6.57. The maximum absolute atomic E-state index is 13.5. The van der Waals surface area contributed by atoms with Crippen LogP contribution in [0.15, 0.2) is 12.1 Å². The van der Waals surface area contributed by atoms with E-state index in [0.29, 0.717) is 5.56 Å². The third-order valence-corrected chi connectivity index (χ3v) is 2.16. The molecular formula is C10H13F2NO. The molecule has 0 saturated heterocycles. The first-order valence-corrected chi connectivity index (χ1v) is 4.34. The Morgan fingerprint density at radius 2 is 2.07 bits per heavy atom. The Bertz CT molecular complexity index is 328. The summed E-state index contributed by atoms with van der Waals surface area (Å²) in [6.45, 7) is 3.35. The van der Waals surface area contributed by atoms with E-state index in [9.17, 15) is 8.78 Å². The van der Waals surface area contributed by atoms with Crippen LogP contribution in [0.3, 0.4) is 0 Å². The molecule has 1 atom stereocenters. The molecule has 0 aliphatic heterocycles. The van der Waals surface area contributed by atoms with Gasteiger partial charge in [0.05, 0.1) is 6.61 Å². The fourth-order valence-electron chi connectivity index (χ4n) is 1.36. The minimum atomic E-state index is -0.558. The summed E-state index contributed by atoms with van der Waals surface area (Å²) < 4.78 is 26.8. The summed E-state index contributed by atoms with van der Waals surface area (Å²) in [6.07, 6.45) is 0. The average molecular weight is 201 g/mol. The zero-order chi connectivity index (χ0) is 10.7. The normalized spacial score (nSPS) is 12.9. The number of halogens is 2. The second kappa shape index (κ2) is 4.48. The first kappa shape index (κ1) is 11.1. The Kier molecular flexibility index (Phi) is 3.55. The summed E-state index contributed by atoms with van der Waals surface area (Å²) in [4.78, 5) is 4.37. The molecule has 1 aromatic carbocycles. The van der Waals surface area contributed by atoms with Gasteiger partial charge in [0.1, 0.15) is 11.6 Å². The highest BCUT2D eigenvalue weighted by Crippen LogP contribution is 2.24. The van der Waals surface area contributed by atoms with E-state index in [1.54, 1.807) is 13.8 Å². The summed E-state index contributed by atoms with van der Waals surface area (Å²) in [6, 6.07) is 2.66. The van der Waals surface area contributed by atoms with Crippen LogP contribution >= 0.6 is 0 Å². The van der Waals surface area contributed by atoms with Crippen molar-refractivity contribution in [2.24, 2.45) is 5.90 Å². The van der Waals surface area contributed by atoms with E-state index in [2.05, 4.69) is 4.84 Å². The highest BCUT2D eigenvalue weighted by atomic mass is 19.1. The van der Waals surface area contributed by atoms with Crippen molar-refractivity contribution in [2.75, 3.05) is 6.61 Å². The van der Waals surface area contributed by atoms with Crippen LogP contribution in [0.4, 0.5) is 8.78 Å². The third-order valence-electron chi connectivity index (χ3n) is 2.16. The summed E-state index contributed by atoms with van der Waals surface area (Å²) in [7, 11) is 0. The number of aryl methyl sites for hydroxylation is 1. The molecule has 14 heavy (non-hydrogen) atoms. The summed E-state index contributed by atoms with van der Waals surface area (Å²) in [5.41, 5.74) is 0.459. The molecule has 0 radical (unpaired) electrons. The second-order valence-corrected chi connectivity index (χ2v) is 3.33. The molecule has 1 rings (SSSR count). The van der Waals surface area contributed by atoms with E-state index in [1.807, 2.05) is 0 Å². The Morgan fingerprint density at radius 1 is 1.43 bits per heavy atom. The molecule has 0 bridgehead atoms. The largest absolute Gasteiger partial charge is 0.304 e. The molecule has 4 heteroatoms. The van der Waals surface area contributed by atoms with E-state index in [4.69, 9.17) is 5.90 Å². The van der Waals surface area contributed by atoms with Crippen molar-refractivity contribution in [3.8, 4) is 0 Å². The number of benzene rings is 1. The molecule has 2 nitrogen and oxygen atoms in total. The Hall–Kier alpha value is -1.00. The van der Waals surface area contributed by atoms with Gasteiger partial charge in [-0.2, -0.15) is 0 Å². The Balaban J connectivity index is 3.11. The zero-order valence-corrected chi connectivity index (χ0v) is 8.18. The lowest BCUT2D eigenvalue weighted by atomic mass is 9.98. The number of rotatable bonds is 3. The van der Waals surface area contributed by atoms with E-state index < -0.39 is 11.6 Å². The fourth-order valence-corrected chi connectivity index (χ4v) is 1.36. The van der Waals surface area contributed by atoms with Crippen LogP contribution in [0, 0.1) is 18.6 Å². The standard InChI is InChI=1S/C10H13F2NO/c1-6-3-4-8(11)9(10(6)12)7(2)5-14-13/h3-4,7H,5,13H2,1-2H3. The predicted octanol–water partition coefficient (Wildman–Crippen LogP) is 2.27. The topological polar surface area (TPSA) is 35.2 Å². The molecule has 1 unspecified atom stereocenters. The van der Waals surface area contributed by atoms with Gasteiger partial charge in [-0.3, -0.25) is 0 Å². The first-order valence-electron chi connectivity index (χ1n) is 4.34. The van der Waals surface area contributed by atoms with Gasteiger partial charge in [0.25, 0.3) is 0 Å². The molecule has 0 saturated carbocycles. The van der Waals surface area contributed by atoms with Gasteiger partial charge in [0, 0.05) is 11.5 Å². The van der Waals surface area contributed by atoms with Gasteiger partial charge in [-0.1, -0.05) is 13.0 Å². The lowest BCUT2D eigenvalue weighted by molar-refractivity contribution is 0.125. The summed E-state index contributed by atoms with van der Waals surface area (Å²) in [5, 5.41) is 0. The Morgan fingerprint density at radius 3 is 2.64 bits per heavy atom. The van der Waals surface area contributed by atoms with Crippen molar-refractivity contribution in [3.05, 3.63) is 34.9 Å². The highest BCUT2D eigenvalue weighted by molar-refractivity contribution is 5.29. The van der Waals surface area contributed by atoms with Gasteiger partial charge in [-0.05, 0) is 18.6 Å². The van der Waals surface area contributed by atoms with Gasteiger partial charge in [-0.15, -0.1) is 0 Å². The Labute approximate surface area is 81.6 Å². The van der Waals surface area contributed by atoms with E-state index in [1.165, 1.54) is 12.1 Å². The lowest BCUT2D eigenvalue weighted by Gasteiger charge is -2.13. The SMILES string of the molecule is Cc1ccc(F)c(C(C)CON)c1F. The van der Waals surface area contributed by atoms with Crippen molar-refractivity contribution in [1.29, 1.82) is 0 Å². The maximum Gasteiger partial charge on any atom is 0.132 e. The quantitative estimate of drug-likeness (QED) is 0.761. The monoisotopic (exact) mass is 201 g/mol. The molecule has 1 aromatic rings. The minimum absolute atomic E-state index is 0.0375. The van der Waals surface area contributed by atoms with Crippen LogP contribution in [0.1, 0.15) is 24.0 Å². The molecule has 78 valence electrons. The fraction of sp³-hybridized carbons (Fsp3) is 0.400. The molecule has 0 heterocycles. The zero-order valence-electron chi connectivity index (χ0n) is 8.18. The van der Waals surface area contributed by atoms with Crippen molar-refractivity contribution >= 4 is 0 Å². The number of hydrogen-bond donors (Lipinski definition) is 1. The maximum atomic E-state index is 13.5. The molecular weight excluding hydrogens is 188 g/mol. The second-order valence-electron chi connectivity index (χ2n) is 3.33. The summed E-state index contributed by atoms with van der Waals surface area (Å²) in [5.74, 6) is 3.39. The van der Waals surface area contributed by atoms with E-state index in [-0.39, 0.29) is 18.1 Å². The highest BCUT2D eigenvalue weighted by Gasteiger charge is 2.17. The van der Waals surface area contributed by atoms with Crippen LogP contribution in [-0.4, -0.2) is 6.61 Å². The summed E-state index contributed by atoms with van der Waals surface area (Å²) >= 11 is 0. The molecule has 0 amide bonds. The van der Waals surface area contributed by atoms with E-state index in [0.717, 1.165) is 0 Å². The molecule has 2 N–H and O–H groups in total. The predicted molar refractivity (Wildman–Crippen MR) is 49.6 cm³/mol. The minimum Gasteiger partial charge on any atom is -0.304 e. The number of hydrogen-bond acceptors (Lipinski definition) is 2. The van der Waals surface area contributed by atoms with E-state index >= 15 is 0 Å². The molecule has 0 spiro atoms. The molecule has 0 aromatic heterocycles. The molecule has 0 fully saturated rings. The van der Waals surface area contributed by atoms with Crippen LogP contribution in [0.5, 0.6) is 0 Å². The molecule has 0 aliphatic rings. The lowest BCUT2D eigenvalue weighted by Crippen LogP contribution is -2.12. The average Bonchev–Trinajstić information content (AvgIpc) is 2.13. The van der Waals surface area contributed by atoms with Crippen molar-refractivity contribution in [1.82, 2.24) is 0 Å². The van der Waals surface area contributed by atoms with Gasteiger partial charge >= 0.3 is 0 Å². The van der Waals surface area contributed by atoms with Gasteiger partial charge in [0.2, 0.25) is 0 Å². The number of nitrogens with two attached hydrogens (primary N) is 1. The van der Waals surface area contributed by atoms with Crippen LogP contribution in [0.2, 0.25) is 0 Å². The third kappa shape index (κ3) is 2.08. The van der Waals surface area contributed by atoms with Crippen molar-refractivity contribution in [2.45, 2.75) is 19.8 Å². The van der Waals surface area contributed by atoms with Gasteiger partial charge in [-0.25, -0.2) is 14.7 Å².